The van der Waals surface area contributed by atoms with Crippen LogP contribution in [0.5, 0.6) is 0 Å². The smallest absolute Gasteiger partial charge is 0.356 e. The van der Waals surface area contributed by atoms with Gasteiger partial charge in [0.05, 0.1) is 0 Å². The maximum Gasteiger partial charge on any atom is 0.356 e. The third-order valence-corrected chi connectivity index (χ3v) is 3.57. The summed E-state index contributed by atoms with van der Waals surface area (Å²) in [6.45, 7) is 4.25. The number of unbranched alkanes of at least 4 members (excludes halogenated alkanes) is 3. The normalized spacial score (nSPS) is 10.3. The zero-order valence-electron chi connectivity index (χ0n) is 10.7. The molecule has 100 valence electrons. The molecule has 0 aliphatic carbocycles. The zero-order valence-corrected chi connectivity index (χ0v) is 11.5. The van der Waals surface area contributed by atoms with Crippen LogP contribution >= 0.6 is 11.3 Å². The van der Waals surface area contributed by atoms with Gasteiger partial charge >= 0.3 is 5.97 Å². The lowest BCUT2D eigenvalue weighted by Gasteiger charge is -2.00. The van der Waals surface area contributed by atoms with Crippen molar-refractivity contribution in [1.82, 2.24) is 4.98 Å². The molecule has 0 amide bonds. The van der Waals surface area contributed by atoms with Crippen LogP contribution in [0.2, 0.25) is 0 Å². The van der Waals surface area contributed by atoms with E-state index in [4.69, 9.17) is 5.11 Å². The number of Topliss-reactive ketones (excluding diaryl/α,β-unsaturated/α-hetero) is 1. The van der Waals surface area contributed by atoms with Crippen LogP contribution in [0.25, 0.3) is 0 Å². The number of nitrogens with zero attached hydrogens (tertiary/aromatic N) is 1. The van der Waals surface area contributed by atoms with Gasteiger partial charge < -0.3 is 10.4 Å². The largest absolute Gasteiger partial charge is 0.476 e. The van der Waals surface area contributed by atoms with E-state index in [2.05, 4.69) is 17.2 Å². The first kappa shape index (κ1) is 14.6. The number of aromatic carboxylic acids is 1. The second kappa shape index (κ2) is 7.10. The highest BCUT2D eigenvalue weighted by Crippen LogP contribution is 2.23. The number of carbonyl (C=O) groups excluding carboxylic acids is 1. The molecule has 0 fully saturated rings. The number of carboxylic acids is 1. The standard InChI is InChI=1S/C12H18N2O3S/c1-3-4-5-6-7-13-12-14-9(11(16)17)10(18-12)8(2)15/h3-7H2,1-2H3,(H,13,14)(H,16,17). The molecular formula is C12H18N2O3S. The molecule has 1 aromatic heterocycles. The summed E-state index contributed by atoms with van der Waals surface area (Å²) in [4.78, 5) is 26.3. The topological polar surface area (TPSA) is 79.3 Å². The molecule has 0 aliphatic heterocycles. The van der Waals surface area contributed by atoms with Gasteiger partial charge in [-0.3, -0.25) is 4.79 Å². The molecule has 0 saturated carbocycles. The minimum absolute atomic E-state index is 0.149. The first-order valence-electron chi connectivity index (χ1n) is 6.05. The molecule has 6 heteroatoms. The van der Waals surface area contributed by atoms with Gasteiger partial charge in [-0.1, -0.05) is 37.5 Å². The predicted octanol–water partition coefficient (Wildman–Crippen LogP) is 3.04. The van der Waals surface area contributed by atoms with E-state index in [0.717, 1.165) is 30.7 Å². The van der Waals surface area contributed by atoms with Gasteiger partial charge in [0.1, 0.15) is 4.88 Å². The quantitative estimate of drug-likeness (QED) is 0.560. The summed E-state index contributed by atoms with van der Waals surface area (Å²) in [7, 11) is 0. The van der Waals surface area contributed by atoms with Gasteiger partial charge in [0.25, 0.3) is 0 Å². The van der Waals surface area contributed by atoms with Crippen LogP contribution in [0.3, 0.4) is 0 Å². The molecule has 18 heavy (non-hydrogen) atoms. The molecule has 0 aliphatic rings. The van der Waals surface area contributed by atoms with Crippen LogP contribution in [0.15, 0.2) is 0 Å². The van der Waals surface area contributed by atoms with E-state index >= 15 is 0 Å². The number of ketones is 1. The minimum Gasteiger partial charge on any atom is -0.476 e. The molecule has 1 heterocycles. The number of aromatic nitrogens is 1. The molecule has 0 saturated heterocycles. The van der Waals surface area contributed by atoms with Crippen molar-refractivity contribution in [3.8, 4) is 0 Å². The molecule has 1 rings (SSSR count). The van der Waals surface area contributed by atoms with Gasteiger partial charge in [-0.25, -0.2) is 9.78 Å². The maximum atomic E-state index is 11.3. The van der Waals surface area contributed by atoms with E-state index in [9.17, 15) is 9.59 Å². The molecule has 0 unspecified atom stereocenters. The van der Waals surface area contributed by atoms with Crippen LogP contribution in [0, 0.1) is 0 Å². The highest BCUT2D eigenvalue weighted by Gasteiger charge is 2.20. The number of nitrogens with one attached hydrogen (secondary N) is 1. The van der Waals surface area contributed by atoms with Crippen molar-refractivity contribution in [2.75, 3.05) is 11.9 Å². The lowest BCUT2D eigenvalue weighted by Crippen LogP contribution is -2.04. The fourth-order valence-electron chi connectivity index (χ4n) is 1.53. The van der Waals surface area contributed by atoms with Crippen LogP contribution in [-0.4, -0.2) is 28.4 Å². The van der Waals surface area contributed by atoms with Crippen molar-refractivity contribution >= 4 is 28.2 Å². The Bertz CT molecular complexity index is 397. The van der Waals surface area contributed by atoms with Gasteiger partial charge in [-0.2, -0.15) is 0 Å². The second-order valence-electron chi connectivity index (χ2n) is 4.05. The number of hydrogen-bond donors (Lipinski definition) is 2. The van der Waals surface area contributed by atoms with E-state index in [1.807, 2.05) is 0 Å². The van der Waals surface area contributed by atoms with Crippen LogP contribution < -0.4 is 5.32 Å². The van der Waals surface area contributed by atoms with Crippen molar-refractivity contribution in [3.05, 3.63) is 10.6 Å². The number of hydrogen-bond acceptors (Lipinski definition) is 5. The van der Waals surface area contributed by atoms with E-state index in [1.165, 1.54) is 19.8 Å². The Kier molecular flexibility index (Phi) is 5.77. The summed E-state index contributed by atoms with van der Waals surface area (Å²) >= 11 is 1.11. The number of carboxylic acid groups (broad SMARTS) is 1. The van der Waals surface area contributed by atoms with Gasteiger partial charge in [-0.15, -0.1) is 0 Å². The highest BCUT2D eigenvalue weighted by molar-refractivity contribution is 7.17. The Morgan fingerprint density at radius 2 is 2.06 bits per heavy atom. The summed E-state index contributed by atoms with van der Waals surface area (Å²) in [6, 6.07) is 0. The Labute approximate surface area is 110 Å². The zero-order chi connectivity index (χ0) is 13.5. The SMILES string of the molecule is CCCCCCNc1nc(C(=O)O)c(C(C)=O)s1. The molecule has 0 radical (unpaired) electrons. The lowest BCUT2D eigenvalue weighted by molar-refractivity contribution is 0.0687. The summed E-state index contributed by atoms with van der Waals surface area (Å²) < 4.78 is 0. The van der Waals surface area contributed by atoms with Crippen molar-refractivity contribution in [2.24, 2.45) is 0 Å². The Balaban J connectivity index is 2.59. The third-order valence-electron chi connectivity index (χ3n) is 2.46. The lowest BCUT2D eigenvalue weighted by atomic mass is 10.2. The first-order valence-corrected chi connectivity index (χ1v) is 6.86. The first-order chi connectivity index (χ1) is 8.56. The Morgan fingerprint density at radius 1 is 1.33 bits per heavy atom. The van der Waals surface area contributed by atoms with Gasteiger partial charge in [0.15, 0.2) is 16.6 Å². The molecule has 0 spiro atoms. The fourth-order valence-corrected chi connectivity index (χ4v) is 2.40. The predicted molar refractivity (Wildman–Crippen MR) is 71.7 cm³/mol. The third kappa shape index (κ3) is 4.10. The van der Waals surface area contributed by atoms with E-state index < -0.39 is 5.97 Å². The Morgan fingerprint density at radius 3 is 2.56 bits per heavy atom. The van der Waals surface area contributed by atoms with E-state index in [-0.39, 0.29) is 16.4 Å². The average Bonchev–Trinajstić information content (AvgIpc) is 2.73. The summed E-state index contributed by atoms with van der Waals surface area (Å²) in [5.74, 6) is -1.42. The number of thiazole rings is 1. The van der Waals surface area contributed by atoms with Crippen molar-refractivity contribution < 1.29 is 14.7 Å². The summed E-state index contributed by atoms with van der Waals surface area (Å²) in [5, 5.41) is 12.5. The Hall–Kier alpha value is -1.43. The monoisotopic (exact) mass is 270 g/mol. The van der Waals surface area contributed by atoms with Crippen molar-refractivity contribution in [3.63, 3.8) is 0 Å². The number of rotatable bonds is 8. The van der Waals surface area contributed by atoms with Crippen LogP contribution in [0.4, 0.5) is 5.13 Å². The van der Waals surface area contributed by atoms with Gasteiger partial charge in [0.2, 0.25) is 0 Å². The van der Waals surface area contributed by atoms with Crippen LogP contribution in [-0.2, 0) is 0 Å². The molecule has 0 bridgehead atoms. The highest BCUT2D eigenvalue weighted by atomic mass is 32.1. The van der Waals surface area contributed by atoms with Crippen molar-refractivity contribution in [2.45, 2.75) is 39.5 Å². The number of carbonyl (C=O) groups is 2. The second-order valence-corrected chi connectivity index (χ2v) is 5.04. The van der Waals surface area contributed by atoms with E-state index in [1.54, 1.807) is 0 Å². The maximum absolute atomic E-state index is 11.3. The molecule has 0 aromatic carbocycles. The average molecular weight is 270 g/mol. The molecule has 1 aromatic rings. The van der Waals surface area contributed by atoms with Crippen molar-refractivity contribution in [1.29, 1.82) is 0 Å². The minimum atomic E-state index is -1.16. The number of anilines is 1. The van der Waals surface area contributed by atoms with E-state index in [0.29, 0.717) is 5.13 Å². The molecular weight excluding hydrogens is 252 g/mol. The van der Waals surface area contributed by atoms with Gasteiger partial charge in [0, 0.05) is 13.5 Å². The molecule has 2 N–H and O–H groups in total. The molecule has 5 nitrogen and oxygen atoms in total. The summed E-state index contributed by atoms with van der Waals surface area (Å²) in [6.07, 6.45) is 4.53. The van der Waals surface area contributed by atoms with Crippen LogP contribution in [0.1, 0.15) is 59.7 Å². The van der Waals surface area contributed by atoms with Gasteiger partial charge in [-0.05, 0) is 6.42 Å². The fraction of sp³-hybridized carbons (Fsp3) is 0.583. The molecule has 0 atom stereocenters. The summed E-state index contributed by atoms with van der Waals surface area (Å²) in [5.41, 5.74) is -0.149.